The summed E-state index contributed by atoms with van der Waals surface area (Å²) in [6.07, 6.45) is 3.20. The van der Waals surface area contributed by atoms with Gasteiger partial charge in [0, 0.05) is 62.4 Å². The maximum absolute atomic E-state index is 14.0. The zero-order valence-corrected chi connectivity index (χ0v) is 35.4. The van der Waals surface area contributed by atoms with Crippen LogP contribution in [0, 0.1) is 35.1 Å². The van der Waals surface area contributed by atoms with E-state index >= 15 is 0 Å². The number of carbonyl (C=O) groups excluding carboxylic acids is 2. The predicted octanol–water partition coefficient (Wildman–Crippen LogP) is 11.4. The third-order valence-electron chi connectivity index (χ3n) is 12.4. The fourth-order valence-corrected chi connectivity index (χ4v) is 8.26. The minimum atomic E-state index is -0.610. The van der Waals surface area contributed by atoms with Crippen LogP contribution in [0.2, 0.25) is 0 Å². The second kappa shape index (κ2) is 20.1. The molecule has 0 aliphatic carbocycles. The fraction of sp³-hybridized carbons (Fsp3) is 0.458. The SMILES string of the molecule is CC(C)C1(CCCO)CCN([C@@H](C)c2ccc(-c3ccc(F)cc3F)cc2)C(=O)O1.CC(C)C1(CCCO)CCN([C@@H](C)c2ccc(-c3ccc(F)cc3F)cc2)C(=O)O1. The lowest BCUT2D eigenvalue weighted by Gasteiger charge is -2.45. The number of rotatable bonds is 14. The molecule has 2 unspecified atom stereocenters. The Hall–Kier alpha value is -4.94. The monoisotopic (exact) mass is 834 g/mol. The van der Waals surface area contributed by atoms with Gasteiger partial charge in [-0.25, -0.2) is 27.2 Å². The number of ether oxygens (including phenoxy) is 2. The highest BCUT2D eigenvalue weighted by Gasteiger charge is 2.45. The van der Waals surface area contributed by atoms with Crippen LogP contribution in [0.3, 0.4) is 0 Å². The molecule has 8 nitrogen and oxygen atoms in total. The van der Waals surface area contributed by atoms with Gasteiger partial charge in [-0.2, -0.15) is 0 Å². The van der Waals surface area contributed by atoms with Crippen LogP contribution in [0.1, 0.15) is 103 Å². The average molecular weight is 835 g/mol. The van der Waals surface area contributed by atoms with Crippen molar-refractivity contribution in [2.75, 3.05) is 26.3 Å². The maximum atomic E-state index is 14.0. The number of halogens is 4. The largest absolute Gasteiger partial charge is 0.442 e. The lowest BCUT2D eigenvalue weighted by molar-refractivity contribution is -0.0898. The Kier molecular flexibility index (Phi) is 15.4. The standard InChI is InChI=1S/2C24H29F2NO3/c2*1-16(2)24(11-4-14-28)12-13-27(23(29)30-24)17(3)18-5-7-19(8-6-18)21-10-9-20(25)15-22(21)26/h2*5-10,15-17,28H,4,11-14H2,1-3H3/t2*17-,24?/m00/s1. The van der Waals surface area contributed by atoms with Gasteiger partial charge in [0.2, 0.25) is 0 Å². The summed E-state index contributed by atoms with van der Waals surface area (Å²) < 4.78 is 66.2. The Balaban J connectivity index is 0.000000228. The molecule has 0 aromatic heterocycles. The highest BCUT2D eigenvalue weighted by Crippen LogP contribution is 2.40. The Morgan fingerprint density at radius 3 is 1.20 bits per heavy atom. The number of hydrogen-bond acceptors (Lipinski definition) is 6. The van der Waals surface area contributed by atoms with Gasteiger partial charge in [-0.1, -0.05) is 76.2 Å². The summed E-state index contributed by atoms with van der Waals surface area (Å²) in [5.41, 5.74) is 2.69. The number of amides is 2. The summed E-state index contributed by atoms with van der Waals surface area (Å²) in [5.74, 6) is -2.11. The molecule has 0 saturated carbocycles. The molecule has 6 rings (SSSR count). The molecule has 4 atom stereocenters. The molecule has 2 amide bonds. The van der Waals surface area contributed by atoms with Gasteiger partial charge in [-0.15, -0.1) is 0 Å². The van der Waals surface area contributed by atoms with Gasteiger partial charge < -0.3 is 29.5 Å². The molecule has 2 heterocycles. The minimum Gasteiger partial charge on any atom is -0.442 e. The van der Waals surface area contributed by atoms with Gasteiger partial charge in [0.05, 0.1) is 12.1 Å². The van der Waals surface area contributed by atoms with Crippen molar-refractivity contribution in [1.29, 1.82) is 0 Å². The first kappa shape index (κ1) is 46.1. The molecule has 2 aliphatic rings. The summed E-state index contributed by atoms with van der Waals surface area (Å²) in [6.45, 7) is 13.3. The zero-order valence-electron chi connectivity index (χ0n) is 35.4. The van der Waals surface area contributed by atoms with Gasteiger partial charge in [0.25, 0.3) is 0 Å². The molecule has 2 N–H and O–H groups in total. The van der Waals surface area contributed by atoms with E-state index in [1.165, 1.54) is 24.3 Å². The zero-order chi connectivity index (χ0) is 43.8. The van der Waals surface area contributed by atoms with E-state index in [-0.39, 0.29) is 49.3 Å². The minimum absolute atomic E-state index is 0.0765. The number of carbonyl (C=O) groups is 2. The van der Waals surface area contributed by atoms with Crippen molar-refractivity contribution in [3.63, 3.8) is 0 Å². The van der Waals surface area contributed by atoms with Gasteiger partial charge in [0.1, 0.15) is 34.5 Å². The van der Waals surface area contributed by atoms with Crippen molar-refractivity contribution in [2.24, 2.45) is 11.8 Å². The molecule has 2 fully saturated rings. The van der Waals surface area contributed by atoms with Gasteiger partial charge in [-0.3, -0.25) is 0 Å². The molecule has 12 heteroatoms. The summed E-state index contributed by atoms with van der Waals surface area (Å²) in [6, 6.07) is 21.2. The molecule has 4 aromatic carbocycles. The highest BCUT2D eigenvalue weighted by molar-refractivity contribution is 5.71. The first-order valence-electron chi connectivity index (χ1n) is 20.9. The number of aliphatic hydroxyl groups excluding tert-OH is 2. The molecule has 0 radical (unpaired) electrons. The average Bonchev–Trinajstić information content (AvgIpc) is 3.22. The van der Waals surface area contributed by atoms with Crippen LogP contribution in [0.5, 0.6) is 0 Å². The van der Waals surface area contributed by atoms with E-state index in [1.807, 2.05) is 65.8 Å². The summed E-state index contributed by atoms with van der Waals surface area (Å²) in [4.78, 5) is 29.0. The molecule has 0 bridgehead atoms. The first-order valence-corrected chi connectivity index (χ1v) is 20.9. The van der Waals surface area contributed by atoms with E-state index in [9.17, 15) is 37.4 Å². The summed E-state index contributed by atoms with van der Waals surface area (Å²) in [7, 11) is 0. The van der Waals surface area contributed by atoms with Crippen LogP contribution < -0.4 is 0 Å². The van der Waals surface area contributed by atoms with Crippen LogP contribution in [0.15, 0.2) is 84.9 Å². The summed E-state index contributed by atoms with van der Waals surface area (Å²) >= 11 is 0. The number of aliphatic hydroxyl groups is 2. The normalized spacial score (nSPS) is 20.4. The summed E-state index contributed by atoms with van der Waals surface area (Å²) in [5, 5.41) is 18.4. The van der Waals surface area contributed by atoms with E-state index in [0.717, 1.165) is 23.3 Å². The lowest BCUT2D eigenvalue weighted by atomic mass is 9.81. The van der Waals surface area contributed by atoms with Crippen molar-refractivity contribution in [1.82, 2.24) is 9.80 Å². The van der Waals surface area contributed by atoms with Gasteiger partial charge >= 0.3 is 12.2 Å². The van der Waals surface area contributed by atoms with E-state index in [2.05, 4.69) is 0 Å². The topological polar surface area (TPSA) is 99.5 Å². The van der Waals surface area contributed by atoms with E-state index in [0.29, 0.717) is 73.9 Å². The first-order chi connectivity index (χ1) is 28.5. The predicted molar refractivity (Wildman–Crippen MR) is 224 cm³/mol. The molecule has 0 spiro atoms. The Morgan fingerprint density at radius 2 is 0.917 bits per heavy atom. The smallest absolute Gasteiger partial charge is 0.410 e. The molecule has 60 heavy (non-hydrogen) atoms. The van der Waals surface area contributed by atoms with Crippen molar-refractivity contribution in [2.45, 2.75) is 103 Å². The van der Waals surface area contributed by atoms with E-state index < -0.39 is 34.5 Å². The third-order valence-corrected chi connectivity index (χ3v) is 12.4. The van der Waals surface area contributed by atoms with Crippen molar-refractivity contribution < 1.29 is 46.8 Å². The van der Waals surface area contributed by atoms with Gasteiger partial charge in [-0.05, 0) is 97.9 Å². The van der Waals surface area contributed by atoms with Crippen LogP contribution in [-0.4, -0.2) is 69.7 Å². The van der Waals surface area contributed by atoms with Crippen LogP contribution in [0.4, 0.5) is 27.2 Å². The molecule has 2 aliphatic heterocycles. The second-order valence-corrected chi connectivity index (χ2v) is 16.6. The highest BCUT2D eigenvalue weighted by atomic mass is 19.1. The Labute approximate surface area is 351 Å². The number of cyclic esters (lactones) is 2. The molecule has 2 saturated heterocycles. The van der Waals surface area contributed by atoms with Gasteiger partial charge in [0.15, 0.2) is 0 Å². The number of benzene rings is 4. The van der Waals surface area contributed by atoms with Crippen LogP contribution in [0.25, 0.3) is 22.3 Å². The van der Waals surface area contributed by atoms with E-state index in [4.69, 9.17) is 9.47 Å². The third kappa shape index (κ3) is 10.5. The Morgan fingerprint density at radius 1 is 0.567 bits per heavy atom. The lowest BCUT2D eigenvalue weighted by Crippen LogP contribution is -2.52. The number of nitrogens with zero attached hydrogens (tertiary/aromatic N) is 2. The van der Waals surface area contributed by atoms with Crippen LogP contribution >= 0.6 is 0 Å². The molecular weight excluding hydrogens is 777 g/mol. The Bertz CT molecular complexity index is 1920. The van der Waals surface area contributed by atoms with Crippen molar-refractivity contribution in [3.8, 4) is 22.3 Å². The molecule has 324 valence electrons. The van der Waals surface area contributed by atoms with E-state index in [1.54, 1.807) is 34.1 Å². The maximum Gasteiger partial charge on any atom is 0.410 e. The molecule has 4 aromatic rings. The van der Waals surface area contributed by atoms with Crippen molar-refractivity contribution >= 4 is 12.2 Å². The quantitative estimate of drug-likeness (QED) is 0.123. The fourth-order valence-electron chi connectivity index (χ4n) is 8.26. The second-order valence-electron chi connectivity index (χ2n) is 16.6. The number of hydrogen-bond donors (Lipinski definition) is 2. The van der Waals surface area contributed by atoms with Crippen LogP contribution in [-0.2, 0) is 9.47 Å². The molecular formula is C48H58F4N2O6. The van der Waals surface area contributed by atoms with Crippen molar-refractivity contribution in [3.05, 3.63) is 119 Å².